The summed E-state index contributed by atoms with van der Waals surface area (Å²) in [7, 11) is 1.36. The zero-order valence-corrected chi connectivity index (χ0v) is 14.8. The van der Waals surface area contributed by atoms with Crippen molar-refractivity contribution < 1.29 is 14.3 Å². The number of methoxy groups -OCH3 is 1. The second kappa shape index (κ2) is 7.11. The predicted octanol–water partition coefficient (Wildman–Crippen LogP) is 4.47. The van der Waals surface area contributed by atoms with Crippen molar-refractivity contribution in [2.24, 2.45) is 0 Å². The van der Waals surface area contributed by atoms with Crippen LogP contribution in [0.3, 0.4) is 0 Å². The Morgan fingerprint density at radius 1 is 1.12 bits per heavy atom. The number of aryl methyl sites for hydroxylation is 2. The van der Waals surface area contributed by atoms with Crippen LogP contribution in [0.25, 0.3) is 10.9 Å². The van der Waals surface area contributed by atoms with Crippen molar-refractivity contribution in [2.75, 3.05) is 7.11 Å². The van der Waals surface area contributed by atoms with Crippen LogP contribution in [0.4, 0.5) is 0 Å². The first-order valence-corrected chi connectivity index (χ1v) is 8.35. The van der Waals surface area contributed by atoms with Gasteiger partial charge in [0.15, 0.2) is 0 Å². The fourth-order valence-corrected chi connectivity index (χ4v) is 3.02. The van der Waals surface area contributed by atoms with E-state index in [1.165, 1.54) is 7.11 Å². The minimum Gasteiger partial charge on any atom is -0.469 e. The van der Waals surface area contributed by atoms with Gasteiger partial charge in [-0.2, -0.15) is 0 Å². The Morgan fingerprint density at radius 2 is 1.84 bits per heavy atom. The highest BCUT2D eigenvalue weighted by molar-refractivity contribution is 6.30. The van der Waals surface area contributed by atoms with Crippen LogP contribution < -0.4 is 0 Å². The van der Waals surface area contributed by atoms with Crippen LogP contribution in [0.5, 0.6) is 0 Å². The number of ketones is 1. The molecule has 0 unspecified atom stereocenters. The number of esters is 1. The Hall–Kier alpha value is -2.59. The van der Waals surface area contributed by atoms with Crippen LogP contribution in [0, 0.1) is 6.92 Å². The van der Waals surface area contributed by atoms with Crippen LogP contribution in [-0.2, 0) is 16.0 Å². The molecule has 0 aliphatic heterocycles. The maximum absolute atomic E-state index is 13.0. The van der Waals surface area contributed by atoms with Gasteiger partial charge in [-0.05, 0) is 54.8 Å². The van der Waals surface area contributed by atoms with Gasteiger partial charge in [0.25, 0.3) is 0 Å². The number of carbonyl (C=O) groups is 2. The molecule has 5 heteroatoms. The molecule has 3 rings (SSSR count). The van der Waals surface area contributed by atoms with Gasteiger partial charge in [-0.15, -0.1) is 0 Å². The van der Waals surface area contributed by atoms with E-state index in [0.29, 0.717) is 22.7 Å². The predicted molar refractivity (Wildman–Crippen MR) is 98.3 cm³/mol. The number of carbonyl (C=O) groups excluding carboxylic acids is 2. The standard InChI is InChI=1S/C20H18ClNO3/c1-12-3-8-15-16(9-10-18(23)25-2)19(22-17(15)11-12)20(24)13-4-6-14(21)7-5-13/h3-8,11,22H,9-10H2,1-2H3. The summed E-state index contributed by atoms with van der Waals surface area (Å²) in [5.41, 5.74) is 3.87. The topological polar surface area (TPSA) is 59.2 Å². The molecule has 0 spiro atoms. The molecule has 0 amide bonds. The minimum atomic E-state index is -0.300. The summed E-state index contributed by atoms with van der Waals surface area (Å²) in [4.78, 5) is 27.7. The van der Waals surface area contributed by atoms with Gasteiger partial charge in [0.1, 0.15) is 0 Å². The second-order valence-corrected chi connectivity index (χ2v) is 6.38. The summed E-state index contributed by atoms with van der Waals surface area (Å²) in [5, 5.41) is 1.53. The first-order chi connectivity index (χ1) is 12.0. The van der Waals surface area contributed by atoms with Gasteiger partial charge >= 0.3 is 5.97 Å². The van der Waals surface area contributed by atoms with Crippen LogP contribution in [0.15, 0.2) is 42.5 Å². The molecule has 0 aliphatic carbocycles. The maximum atomic E-state index is 13.0. The van der Waals surface area contributed by atoms with Crippen LogP contribution in [-0.4, -0.2) is 23.8 Å². The first kappa shape index (κ1) is 17.2. The third-order valence-corrected chi connectivity index (χ3v) is 4.45. The van der Waals surface area contributed by atoms with Gasteiger partial charge in [-0.3, -0.25) is 9.59 Å². The van der Waals surface area contributed by atoms with E-state index in [0.717, 1.165) is 22.0 Å². The van der Waals surface area contributed by atoms with Gasteiger partial charge in [-0.25, -0.2) is 0 Å². The number of halogens is 1. The van der Waals surface area contributed by atoms with Crippen LogP contribution in [0.1, 0.15) is 33.6 Å². The Bertz CT molecular complexity index is 941. The van der Waals surface area contributed by atoms with Gasteiger partial charge in [-0.1, -0.05) is 23.7 Å². The summed E-state index contributed by atoms with van der Waals surface area (Å²) < 4.78 is 4.73. The lowest BCUT2D eigenvalue weighted by molar-refractivity contribution is -0.140. The molecule has 0 atom stereocenters. The van der Waals surface area contributed by atoms with Crippen molar-refractivity contribution >= 4 is 34.3 Å². The summed E-state index contributed by atoms with van der Waals surface area (Å²) in [6.45, 7) is 2.00. The SMILES string of the molecule is COC(=O)CCc1c(C(=O)c2ccc(Cl)cc2)[nH]c2cc(C)ccc12. The van der Waals surface area contributed by atoms with E-state index in [1.54, 1.807) is 24.3 Å². The number of fused-ring (bicyclic) bond motifs is 1. The van der Waals surface area contributed by atoms with Crippen molar-refractivity contribution in [1.82, 2.24) is 4.98 Å². The summed E-state index contributed by atoms with van der Waals surface area (Å²) in [6, 6.07) is 12.7. The normalized spacial score (nSPS) is 10.8. The molecule has 25 heavy (non-hydrogen) atoms. The molecule has 0 aliphatic rings. The molecule has 1 heterocycles. The maximum Gasteiger partial charge on any atom is 0.305 e. The van der Waals surface area contributed by atoms with Gasteiger partial charge in [0.05, 0.1) is 12.8 Å². The summed E-state index contributed by atoms with van der Waals surface area (Å²) in [6.07, 6.45) is 0.655. The number of benzene rings is 2. The molecule has 2 aromatic carbocycles. The van der Waals surface area contributed by atoms with E-state index in [2.05, 4.69) is 4.98 Å². The molecule has 128 valence electrons. The average Bonchev–Trinajstić information content (AvgIpc) is 2.97. The highest BCUT2D eigenvalue weighted by Crippen LogP contribution is 2.27. The zero-order valence-electron chi connectivity index (χ0n) is 14.1. The third-order valence-electron chi connectivity index (χ3n) is 4.20. The lowest BCUT2D eigenvalue weighted by atomic mass is 10.00. The molecule has 1 N–H and O–H groups in total. The van der Waals surface area contributed by atoms with E-state index < -0.39 is 0 Å². The number of nitrogens with one attached hydrogen (secondary N) is 1. The quantitative estimate of drug-likeness (QED) is 0.542. The number of H-pyrrole nitrogens is 1. The molecule has 3 aromatic rings. The number of aromatic amines is 1. The van der Waals surface area contributed by atoms with Crippen molar-refractivity contribution in [3.05, 3.63) is 69.9 Å². The van der Waals surface area contributed by atoms with E-state index in [4.69, 9.17) is 16.3 Å². The summed E-state index contributed by atoms with van der Waals surface area (Å²) in [5.74, 6) is -0.420. The van der Waals surface area contributed by atoms with E-state index in [-0.39, 0.29) is 18.2 Å². The lowest BCUT2D eigenvalue weighted by Crippen LogP contribution is -2.07. The molecular formula is C20H18ClNO3. The number of aromatic nitrogens is 1. The first-order valence-electron chi connectivity index (χ1n) is 7.98. The van der Waals surface area contributed by atoms with E-state index >= 15 is 0 Å². The third kappa shape index (κ3) is 3.59. The highest BCUT2D eigenvalue weighted by Gasteiger charge is 2.20. The molecule has 4 nitrogen and oxygen atoms in total. The number of hydrogen-bond acceptors (Lipinski definition) is 3. The Labute approximate surface area is 150 Å². The Kier molecular flexibility index (Phi) is 4.91. The monoisotopic (exact) mass is 355 g/mol. The van der Waals surface area contributed by atoms with Crippen molar-refractivity contribution in [2.45, 2.75) is 19.8 Å². The molecule has 0 saturated heterocycles. The van der Waals surface area contributed by atoms with Gasteiger partial charge in [0.2, 0.25) is 5.78 Å². The Morgan fingerprint density at radius 3 is 2.52 bits per heavy atom. The molecule has 0 radical (unpaired) electrons. The van der Waals surface area contributed by atoms with Gasteiger partial charge < -0.3 is 9.72 Å². The van der Waals surface area contributed by atoms with E-state index in [9.17, 15) is 9.59 Å². The molecule has 0 fully saturated rings. The molecular weight excluding hydrogens is 338 g/mol. The number of hydrogen-bond donors (Lipinski definition) is 1. The molecule has 0 saturated carbocycles. The highest BCUT2D eigenvalue weighted by atomic mass is 35.5. The van der Waals surface area contributed by atoms with E-state index in [1.807, 2.05) is 25.1 Å². The van der Waals surface area contributed by atoms with Crippen LogP contribution >= 0.6 is 11.6 Å². The molecule has 1 aromatic heterocycles. The Balaban J connectivity index is 2.07. The minimum absolute atomic E-state index is 0.120. The van der Waals surface area contributed by atoms with Crippen molar-refractivity contribution in [1.29, 1.82) is 0 Å². The fraction of sp³-hybridized carbons (Fsp3) is 0.200. The lowest BCUT2D eigenvalue weighted by Gasteiger charge is -2.05. The zero-order chi connectivity index (χ0) is 18.0. The average molecular weight is 356 g/mol. The molecule has 0 bridgehead atoms. The largest absolute Gasteiger partial charge is 0.469 e. The number of ether oxygens (including phenoxy) is 1. The van der Waals surface area contributed by atoms with Crippen molar-refractivity contribution in [3.8, 4) is 0 Å². The fourth-order valence-electron chi connectivity index (χ4n) is 2.90. The summed E-state index contributed by atoms with van der Waals surface area (Å²) >= 11 is 5.91. The van der Waals surface area contributed by atoms with Crippen LogP contribution in [0.2, 0.25) is 5.02 Å². The number of rotatable bonds is 5. The smallest absolute Gasteiger partial charge is 0.305 e. The second-order valence-electron chi connectivity index (χ2n) is 5.94. The van der Waals surface area contributed by atoms with Crippen molar-refractivity contribution in [3.63, 3.8) is 0 Å². The van der Waals surface area contributed by atoms with Gasteiger partial charge in [0, 0.05) is 27.9 Å².